The summed E-state index contributed by atoms with van der Waals surface area (Å²) in [6.07, 6.45) is 0.801. The molecule has 4 amide bonds. The van der Waals surface area contributed by atoms with Gasteiger partial charge in [-0.1, -0.05) is 36.4 Å². The van der Waals surface area contributed by atoms with Gasteiger partial charge < -0.3 is 15.4 Å². The van der Waals surface area contributed by atoms with Crippen molar-refractivity contribution in [1.82, 2.24) is 15.3 Å². The largest absolute Gasteiger partial charge is 0.462 e. The molecular weight excluding hydrogens is 412 g/mol. The molecule has 1 fully saturated rings. The number of urea groups is 1. The highest BCUT2D eigenvalue weighted by Gasteiger charge is 2.30. The highest BCUT2D eigenvalue weighted by atomic mass is 16.5. The molecule has 9 nitrogen and oxygen atoms in total. The van der Waals surface area contributed by atoms with Crippen molar-refractivity contribution in [2.24, 2.45) is 0 Å². The van der Waals surface area contributed by atoms with Crippen LogP contribution in [0.15, 0.2) is 54.6 Å². The first kappa shape index (κ1) is 22.8. The van der Waals surface area contributed by atoms with Crippen molar-refractivity contribution in [2.75, 3.05) is 31.6 Å². The third kappa shape index (κ3) is 6.07. The van der Waals surface area contributed by atoms with E-state index in [9.17, 15) is 19.2 Å². The monoisotopic (exact) mass is 438 g/mol. The average Bonchev–Trinajstić information content (AvgIpc) is 3.29. The molecule has 0 radical (unpaired) electrons. The molecule has 1 saturated heterocycles. The van der Waals surface area contributed by atoms with Crippen molar-refractivity contribution < 1.29 is 23.9 Å². The summed E-state index contributed by atoms with van der Waals surface area (Å²) in [5, 5.41) is 7.95. The summed E-state index contributed by atoms with van der Waals surface area (Å²) in [5.41, 5.74) is 1.58. The second kappa shape index (κ2) is 10.9. The molecule has 168 valence electrons. The number of amides is 4. The zero-order chi connectivity index (χ0) is 22.9. The normalized spacial score (nSPS) is 12.9. The minimum Gasteiger partial charge on any atom is -0.462 e. The molecule has 1 aliphatic rings. The molecule has 0 bridgehead atoms. The SMILES string of the molecule is CCOC(=O)c1cccc(NC(=O)N2CCCN2C(=O)CNC(=O)Cc2ccccc2)c1. The molecule has 2 aromatic rings. The number of hydrazine groups is 1. The minimum absolute atomic E-state index is 0.176. The van der Waals surface area contributed by atoms with Gasteiger partial charge in [0, 0.05) is 18.8 Å². The number of rotatable bonds is 7. The second-order valence-corrected chi connectivity index (χ2v) is 7.16. The Hall–Kier alpha value is -3.88. The van der Waals surface area contributed by atoms with Crippen LogP contribution >= 0.6 is 0 Å². The van der Waals surface area contributed by atoms with Crippen LogP contribution in [-0.2, 0) is 20.7 Å². The third-order valence-corrected chi connectivity index (χ3v) is 4.82. The van der Waals surface area contributed by atoms with Crippen LogP contribution in [0.3, 0.4) is 0 Å². The number of nitrogens with one attached hydrogen (secondary N) is 2. The van der Waals surface area contributed by atoms with Gasteiger partial charge in [-0.15, -0.1) is 0 Å². The first-order valence-corrected chi connectivity index (χ1v) is 10.4. The molecule has 0 unspecified atom stereocenters. The highest BCUT2D eigenvalue weighted by molar-refractivity contribution is 5.95. The van der Waals surface area contributed by atoms with Crippen molar-refractivity contribution in [2.45, 2.75) is 19.8 Å². The molecular formula is C23H26N4O5. The molecule has 1 aliphatic heterocycles. The summed E-state index contributed by atoms with van der Waals surface area (Å²) < 4.78 is 4.97. The zero-order valence-corrected chi connectivity index (χ0v) is 17.9. The predicted molar refractivity (Wildman–Crippen MR) is 118 cm³/mol. The standard InChI is InChI=1S/C23H26N4O5/c1-2-32-22(30)18-10-6-11-19(15-18)25-23(31)27-13-7-12-26(27)21(29)16-24-20(28)14-17-8-4-3-5-9-17/h3-6,8-11,15H,2,7,12-14,16H2,1H3,(H,24,28)(H,25,31). The van der Waals surface area contributed by atoms with Gasteiger partial charge in [0.25, 0.3) is 5.91 Å². The predicted octanol–water partition coefficient (Wildman–Crippen LogP) is 2.20. The zero-order valence-electron chi connectivity index (χ0n) is 17.9. The van der Waals surface area contributed by atoms with Crippen LogP contribution in [-0.4, -0.2) is 60.1 Å². The van der Waals surface area contributed by atoms with Crippen LogP contribution in [0.5, 0.6) is 0 Å². The van der Waals surface area contributed by atoms with E-state index in [0.717, 1.165) is 5.56 Å². The lowest BCUT2D eigenvalue weighted by molar-refractivity contribution is -0.140. The lowest BCUT2D eigenvalue weighted by Crippen LogP contribution is -2.50. The Bertz CT molecular complexity index is 979. The fraction of sp³-hybridized carbons (Fsp3) is 0.304. The van der Waals surface area contributed by atoms with Gasteiger partial charge in [-0.2, -0.15) is 0 Å². The van der Waals surface area contributed by atoms with Gasteiger partial charge >= 0.3 is 12.0 Å². The number of hydrogen-bond acceptors (Lipinski definition) is 5. The van der Waals surface area contributed by atoms with E-state index in [-0.39, 0.29) is 31.4 Å². The summed E-state index contributed by atoms with van der Waals surface area (Å²) in [5.74, 6) is -1.12. The fourth-order valence-electron chi connectivity index (χ4n) is 3.32. The van der Waals surface area contributed by atoms with E-state index in [0.29, 0.717) is 30.8 Å². The van der Waals surface area contributed by atoms with Crippen LogP contribution in [0.25, 0.3) is 0 Å². The average molecular weight is 438 g/mol. The number of benzene rings is 2. The van der Waals surface area contributed by atoms with Crippen molar-refractivity contribution in [1.29, 1.82) is 0 Å². The van der Waals surface area contributed by atoms with Gasteiger partial charge in [-0.25, -0.2) is 19.6 Å². The molecule has 32 heavy (non-hydrogen) atoms. The van der Waals surface area contributed by atoms with E-state index < -0.39 is 12.0 Å². The topological polar surface area (TPSA) is 108 Å². The van der Waals surface area contributed by atoms with E-state index in [4.69, 9.17) is 4.74 Å². The molecule has 2 aromatic carbocycles. The summed E-state index contributed by atoms with van der Waals surface area (Å²) in [6, 6.07) is 15.1. The first-order chi connectivity index (χ1) is 15.5. The molecule has 0 atom stereocenters. The molecule has 0 spiro atoms. The fourth-order valence-corrected chi connectivity index (χ4v) is 3.32. The summed E-state index contributed by atoms with van der Waals surface area (Å²) in [6.45, 7) is 2.51. The number of hydrogen-bond donors (Lipinski definition) is 2. The van der Waals surface area contributed by atoms with Crippen LogP contribution in [0, 0.1) is 0 Å². The number of nitrogens with zero attached hydrogens (tertiary/aromatic N) is 2. The van der Waals surface area contributed by atoms with Crippen LogP contribution in [0.2, 0.25) is 0 Å². The van der Waals surface area contributed by atoms with Crippen molar-refractivity contribution in [3.8, 4) is 0 Å². The smallest absolute Gasteiger partial charge is 0.340 e. The Labute approximate surface area is 186 Å². The van der Waals surface area contributed by atoms with Crippen LogP contribution < -0.4 is 10.6 Å². The number of esters is 1. The number of carbonyl (C=O) groups excluding carboxylic acids is 4. The Kier molecular flexibility index (Phi) is 7.80. The summed E-state index contributed by atoms with van der Waals surface area (Å²) in [4.78, 5) is 49.3. The highest BCUT2D eigenvalue weighted by Crippen LogP contribution is 2.16. The molecule has 1 heterocycles. The van der Waals surface area contributed by atoms with Crippen molar-refractivity contribution >= 4 is 29.5 Å². The van der Waals surface area contributed by atoms with E-state index in [1.54, 1.807) is 25.1 Å². The maximum atomic E-state index is 12.7. The lowest BCUT2D eigenvalue weighted by atomic mass is 10.1. The molecule has 0 aliphatic carbocycles. The first-order valence-electron chi connectivity index (χ1n) is 10.4. The Balaban J connectivity index is 1.54. The quantitative estimate of drug-likeness (QED) is 0.645. The van der Waals surface area contributed by atoms with Crippen molar-refractivity contribution in [3.05, 3.63) is 65.7 Å². The molecule has 2 N–H and O–H groups in total. The molecule has 3 rings (SSSR count). The van der Waals surface area contributed by atoms with E-state index in [2.05, 4.69) is 10.6 Å². The Morgan fingerprint density at radius 3 is 2.47 bits per heavy atom. The van der Waals surface area contributed by atoms with E-state index in [1.165, 1.54) is 16.1 Å². The molecule has 0 aromatic heterocycles. The second-order valence-electron chi connectivity index (χ2n) is 7.16. The number of ether oxygens (including phenoxy) is 1. The number of anilines is 1. The maximum absolute atomic E-state index is 12.7. The maximum Gasteiger partial charge on any atom is 0.340 e. The lowest BCUT2D eigenvalue weighted by Gasteiger charge is -2.28. The van der Waals surface area contributed by atoms with Gasteiger partial charge in [0.05, 0.1) is 25.1 Å². The van der Waals surface area contributed by atoms with Crippen LogP contribution in [0.4, 0.5) is 10.5 Å². The molecule has 9 heteroatoms. The minimum atomic E-state index is -0.493. The van der Waals surface area contributed by atoms with E-state index in [1.807, 2.05) is 30.3 Å². The van der Waals surface area contributed by atoms with Gasteiger partial charge in [-0.05, 0) is 37.1 Å². The number of carbonyl (C=O) groups is 4. The van der Waals surface area contributed by atoms with E-state index >= 15 is 0 Å². The summed E-state index contributed by atoms with van der Waals surface area (Å²) >= 11 is 0. The van der Waals surface area contributed by atoms with Gasteiger partial charge in [0.2, 0.25) is 5.91 Å². The van der Waals surface area contributed by atoms with Gasteiger partial charge in [0.1, 0.15) is 0 Å². The Morgan fingerprint density at radius 1 is 0.969 bits per heavy atom. The molecule has 0 saturated carbocycles. The van der Waals surface area contributed by atoms with Gasteiger partial charge in [-0.3, -0.25) is 9.59 Å². The van der Waals surface area contributed by atoms with Gasteiger partial charge in [0.15, 0.2) is 0 Å². The Morgan fingerprint density at radius 2 is 1.72 bits per heavy atom. The summed E-state index contributed by atoms with van der Waals surface area (Å²) in [7, 11) is 0. The third-order valence-electron chi connectivity index (χ3n) is 4.82. The van der Waals surface area contributed by atoms with Crippen LogP contribution in [0.1, 0.15) is 29.3 Å². The van der Waals surface area contributed by atoms with Crippen molar-refractivity contribution in [3.63, 3.8) is 0 Å².